The quantitative estimate of drug-likeness (QED) is 0.0214. The molecular formula is C49H48IN9O16. The van der Waals surface area contributed by atoms with Gasteiger partial charge in [0, 0.05) is 77.1 Å². The van der Waals surface area contributed by atoms with Crippen molar-refractivity contribution < 1.29 is 62.7 Å². The van der Waals surface area contributed by atoms with Crippen molar-refractivity contribution in [3.63, 3.8) is 0 Å². The maximum Gasteiger partial charge on any atom is 0.338 e. The van der Waals surface area contributed by atoms with Crippen LogP contribution in [0.3, 0.4) is 0 Å². The normalized spacial score (nSPS) is 14.6. The number of esters is 4. The Balaban J connectivity index is 0.000000206. The third-order valence-corrected chi connectivity index (χ3v) is 10.8. The number of nitrogens with zero attached hydrogens (tertiary/aromatic N) is 8. The highest BCUT2D eigenvalue weighted by atomic mass is 127. The third-order valence-electron chi connectivity index (χ3n) is 10.1. The van der Waals surface area contributed by atoms with Crippen LogP contribution in [0.5, 0.6) is 0 Å². The summed E-state index contributed by atoms with van der Waals surface area (Å²) in [6, 6.07) is 22.3. The average Bonchev–Trinajstić information content (AvgIpc) is 3.96. The fourth-order valence-electron chi connectivity index (χ4n) is 6.05. The molecule has 3 atom stereocenters. The molecule has 4 heterocycles. The summed E-state index contributed by atoms with van der Waals surface area (Å²) >= 11 is 2.14. The molecule has 0 radical (unpaired) electrons. The number of H-pyrrole nitrogens is 1. The minimum absolute atomic E-state index is 0.0564. The number of nitro groups is 3. The fourth-order valence-corrected chi connectivity index (χ4v) is 6.41. The van der Waals surface area contributed by atoms with Crippen LogP contribution in [0, 0.1) is 33.9 Å². The van der Waals surface area contributed by atoms with Gasteiger partial charge in [0.25, 0.3) is 17.1 Å². The molecule has 0 spiro atoms. The lowest BCUT2D eigenvalue weighted by atomic mass is 10.1. The lowest BCUT2D eigenvalue weighted by Crippen LogP contribution is -2.41. The average molecular weight is 1150 g/mol. The number of halogens is 1. The summed E-state index contributed by atoms with van der Waals surface area (Å²) in [5, 5.41) is 41.9. The van der Waals surface area contributed by atoms with Crippen molar-refractivity contribution in [1.29, 1.82) is 0 Å². The van der Waals surface area contributed by atoms with E-state index < -0.39 is 49.8 Å². The SMILES string of the molecule is C[C@@](COC(=O)c1ccc([N+](=O)[O-])cc1)(Cn1ccnc1)OC(=O)c1ccc(I)cc1.C[C@@](O)(COC(=O)c1ccc([N+](=O)[O-])cc1)Cn1ccnc1.C[C@@]1(COC(=O)c2ccc([N+](=O)[O-])cc2)CO1.c1c[nH]cn1. The number of epoxide rings is 1. The first kappa shape index (κ1) is 57.1. The number of nitro benzene ring substituents is 3. The molecule has 1 saturated heterocycles. The maximum atomic E-state index is 12.7. The van der Waals surface area contributed by atoms with Crippen molar-refractivity contribution in [2.75, 3.05) is 26.4 Å². The van der Waals surface area contributed by atoms with Gasteiger partial charge < -0.3 is 42.9 Å². The molecule has 8 rings (SSSR count). The molecule has 3 aromatic heterocycles. The number of aromatic nitrogens is 6. The maximum absolute atomic E-state index is 12.7. The van der Waals surface area contributed by atoms with Gasteiger partial charge in [-0.2, -0.15) is 0 Å². The standard InChI is InChI=1S/C21H18IN3O6.C14H15N3O5.C11H11NO5.C3H4N2/c1-21(12-24-11-10-23-14-24,31-20(27)16-2-6-17(22)7-3-16)13-30-19(26)15-4-8-18(9-5-15)25(28)29;1-14(19,8-16-7-6-15-10-16)9-22-13(18)11-2-4-12(5-3-11)17(20)21;1-11(7-17-11)6-16-10(13)8-2-4-9(5-3-8)12(14)15;1-2-5-3-4-1/h2-11,14H,12-13H2,1H3;2-7,10,19H,8-9H2,1H3;2-5H,6-7H2,1H3;1-3H,(H,4,5)/t21-;14-;11-;/m001./s1. The summed E-state index contributed by atoms with van der Waals surface area (Å²) < 4.78 is 30.6. The summed E-state index contributed by atoms with van der Waals surface area (Å²) in [6.45, 7) is 5.81. The van der Waals surface area contributed by atoms with Crippen LogP contribution in [0.2, 0.25) is 0 Å². The largest absolute Gasteiger partial charge is 0.459 e. The fraction of sp³-hybridized carbons (Fsp3) is 0.245. The van der Waals surface area contributed by atoms with Crippen LogP contribution in [0.1, 0.15) is 62.2 Å². The van der Waals surface area contributed by atoms with Gasteiger partial charge in [0.15, 0.2) is 5.60 Å². The Morgan fingerprint density at radius 1 is 0.653 bits per heavy atom. The summed E-state index contributed by atoms with van der Waals surface area (Å²) in [6.07, 6.45) is 14.8. The molecule has 2 N–H and O–H groups in total. The number of carbonyl (C=O) groups is 4. The van der Waals surface area contributed by atoms with E-state index in [9.17, 15) is 54.6 Å². The van der Waals surface area contributed by atoms with E-state index in [-0.39, 0.29) is 66.7 Å². The van der Waals surface area contributed by atoms with Crippen LogP contribution in [-0.4, -0.2) is 116 Å². The monoisotopic (exact) mass is 1150 g/mol. The molecule has 75 heavy (non-hydrogen) atoms. The molecule has 25 nitrogen and oxygen atoms in total. The van der Waals surface area contributed by atoms with E-state index in [4.69, 9.17) is 23.7 Å². The van der Waals surface area contributed by atoms with E-state index in [1.165, 1.54) is 79.7 Å². The van der Waals surface area contributed by atoms with Crippen molar-refractivity contribution in [1.82, 2.24) is 29.1 Å². The number of carbonyl (C=O) groups excluding carboxylic acids is 4. The van der Waals surface area contributed by atoms with Gasteiger partial charge in [-0.25, -0.2) is 34.1 Å². The van der Waals surface area contributed by atoms with Crippen LogP contribution >= 0.6 is 22.6 Å². The Kier molecular flexibility index (Phi) is 20.4. The zero-order valence-corrected chi connectivity index (χ0v) is 42.4. The molecule has 0 aliphatic carbocycles. The lowest BCUT2D eigenvalue weighted by molar-refractivity contribution is -0.385. The number of non-ortho nitro benzene ring substituents is 3. The van der Waals surface area contributed by atoms with Gasteiger partial charge in [0.05, 0.1) is 75.7 Å². The van der Waals surface area contributed by atoms with E-state index in [0.717, 1.165) is 3.57 Å². The number of aromatic amines is 1. The van der Waals surface area contributed by atoms with Crippen molar-refractivity contribution in [3.8, 4) is 0 Å². The zero-order chi connectivity index (χ0) is 54.6. The van der Waals surface area contributed by atoms with Gasteiger partial charge in [0.1, 0.15) is 31.0 Å². The van der Waals surface area contributed by atoms with Crippen LogP contribution in [0.25, 0.3) is 0 Å². The topological polar surface area (TPSA) is 332 Å². The van der Waals surface area contributed by atoms with Gasteiger partial charge in [-0.15, -0.1) is 0 Å². The van der Waals surface area contributed by atoms with Crippen LogP contribution in [0.4, 0.5) is 17.1 Å². The van der Waals surface area contributed by atoms with E-state index in [1.807, 2.05) is 6.92 Å². The first-order valence-corrected chi connectivity index (χ1v) is 23.2. The Morgan fingerprint density at radius 3 is 1.44 bits per heavy atom. The van der Waals surface area contributed by atoms with Crippen molar-refractivity contribution in [2.24, 2.45) is 0 Å². The summed E-state index contributed by atoms with van der Waals surface area (Å²) in [5.74, 6) is -2.39. The van der Waals surface area contributed by atoms with Crippen LogP contribution < -0.4 is 0 Å². The Hall–Kier alpha value is -8.76. The van der Waals surface area contributed by atoms with Gasteiger partial charge in [-0.05, 0) is 104 Å². The highest BCUT2D eigenvalue weighted by Gasteiger charge is 2.41. The molecule has 4 aromatic carbocycles. The van der Waals surface area contributed by atoms with Gasteiger partial charge >= 0.3 is 23.9 Å². The molecule has 0 unspecified atom stereocenters. The van der Waals surface area contributed by atoms with Gasteiger partial charge in [0.2, 0.25) is 0 Å². The Morgan fingerprint density at radius 2 is 1.07 bits per heavy atom. The molecule has 392 valence electrons. The third kappa shape index (κ3) is 19.3. The number of rotatable bonds is 18. The van der Waals surface area contributed by atoms with E-state index in [2.05, 4.69) is 42.5 Å². The number of hydrogen-bond donors (Lipinski definition) is 2. The smallest absolute Gasteiger partial charge is 0.338 e. The van der Waals surface area contributed by atoms with Crippen LogP contribution in [0.15, 0.2) is 153 Å². The van der Waals surface area contributed by atoms with Gasteiger partial charge in [-0.1, -0.05) is 0 Å². The number of benzene rings is 4. The second-order valence-corrected chi connectivity index (χ2v) is 18.2. The Labute approximate surface area is 440 Å². The number of nitrogens with one attached hydrogen (secondary N) is 1. The van der Waals surface area contributed by atoms with Crippen molar-refractivity contribution in [3.05, 3.63) is 209 Å². The van der Waals surface area contributed by atoms with E-state index >= 15 is 0 Å². The number of hydrogen-bond acceptors (Lipinski definition) is 19. The molecule has 1 aliphatic rings. The van der Waals surface area contributed by atoms with Crippen molar-refractivity contribution >= 4 is 63.5 Å². The molecular weight excluding hydrogens is 1100 g/mol. The molecule has 0 bridgehead atoms. The van der Waals surface area contributed by atoms with E-state index in [1.54, 1.807) is 96.5 Å². The molecule has 1 aliphatic heterocycles. The second-order valence-electron chi connectivity index (χ2n) is 17.0. The summed E-state index contributed by atoms with van der Waals surface area (Å²) in [5.41, 5.74) is -2.08. The number of ether oxygens (including phenoxy) is 5. The predicted octanol–water partition coefficient (Wildman–Crippen LogP) is 7.22. The summed E-state index contributed by atoms with van der Waals surface area (Å²) in [7, 11) is 0. The Bertz CT molecular complexity index is 2950. The first-order chi connectivity index (χ1) is 35.6. The zero-order valence-electron chi connectivity index (χ0n) is 40.2. The van der Waals surface area contributed by atoms with Gasteiger partial charge in [-0.3, -0.25) is 30.3 Å². The predicted molar refractivity (Wildman–Crippen MR) is 271 cm³/mol. The molecule has 0 saturated carbocycles. The number of aliphatic hydroxyl groups is 1. The van der Waals surface area contributed by atoms with E-state index in [0.29, 0.717) is 17.7 Å². The number of imidazole rings is 3. The minimum atomic E-state index is -1.25. The highest BCUT2D eigenvalue weighted by Crippen LogP contribution is 2.26. The lowest BCUT2D eigenvalue weighted by Gasteiger charge is -2.29. The molecule has 0 amide bonds. The van der Waals surface area contributed by atoms with Crippen LogP contribution in [-0.2, 0) is 36.8 Å². The first-order valence-electron chi connectivity index (χ1n) is 22.1. The molecule has 1 fully saturated rings. The molecule has 26 heteroatoms. The minimum Gasteiger partial charge on any atom is -0.459 e. The molecule has 7 aromatic rings. The van der Waals surface area contributed by atoms with Crippen molar-refractivity contribution in [2.45, 2.75) is 50.7 Å². The highest BCUT2D eigenvalue weighted by molar-refractivity contribution is 14.1. The second kappa shape index (κ2) is 26.8. The summed E-state index contributed by atoms with van der Waals surface area (Å²) in [4.78, 5) is 92.8.